The Hall–Kier alpha value is -3.80. The molecule has 4 aromatic rings. The normalized spacial score (nSPS) is 10.9. The second kappa shape index (κ2) is 7.91. The number of fused-ring (bicyclic) bond motifs is 1. The molecule has 0 aliphatic rings. The number of carbonyl (C=O) groups excluding carboxylic acids is 1. The Bertz CT molecular complexity index is 1270. The van der Waals surface area contributed by atoms with Crippen LogP contribution in [0.15, 0.2) is 77.6 Å². The molecule has 0 bridgehead atoms. The van der Waals surface area contributed by atoms with Crippen LogP contribution in [0.5, 0.6) is 0 Å². The Morgan fingerprint density at radius 1 is 0.967 bits per heavy atom. The van der Waals surface area contributed by atoms with Gasteiger partial charge in [0.2, 0.25) is 5.91 Å². The predicted molar refractivity (Wildman–Crippen MR) is 122 cm³/mol. The van der Waals surface area contributed by atoms with Gasteiger partial charge in [0, 0.05) is 19.8 Å². The molecule has 0 radical (unpaired) electrons. The van der Waals surface area contributed by atoms with E-state index in [9.17, 15) is 9.59 Å². The largest absolute Gasteiger partial charge is 0.365 e. The molecule has 0 aliphatic carbocycles. The molecule has 4 rings (SSSR count). The Labute approximate surface area is 175 Å². The predicted octanol–water partition coefficient (Wildman–Crippen LogP) is 3.71. The number of nitrogens with one attached hydrogen (secondary N) is 1. The standard InChI is InChI=1S/C24H24N4O2/c1-17-23(24(30)28(27(17)3)20-11-5-4-6-12-20)25-22(29)16-26(2)21-14-13-18-9-7-8-10-19(18)15-21/h4-15H,16H2,1-3H3,(H,25,29). The summed E-state index contributed by atoms with van der Waals surface area (Å²) in [6, 6.07) is 23.6. The van der Waals surface area contributed by atoms with Crippen molar-refractivity contribution in [1.82, 2.24) is 9.36 Å². The molecular formula is C24H24N4O2. The molecule has 0 atom stereocenters. The number of hydrogen-bond acceptors (Lipinski definition) is 3. The average Bonchev–Trinajstić information content (AvgIpc) is 2.97. The van der Waals surface area contributed by atoms with Gasteiger partial charge in [-0.2, -0.15) is 0 Å². The van der Waals surface area contributed by atoms with Gasteiger partial charge in [0.05, 0.1) is 17.9 Å². The van der Waals surface area contributed by atoms with E-state index in [0.717, 1.165) is 22.1 Å². The van der Waals surface area contributed by atoms with Crippen LogP contribution in [-0.2, 0) is 11.8 Å². The van der Waals surface area contributed by atoms with E-state index >= 15 is 0 Å². The van der Waals surface area contributed by atoms with Crippen molar-refractivity contribution in [3.63, 3.8) is 0 Å². The highest BCUT2D eigenvalue weighted by molar-refractivity contribution is 5.95. The van der Waals surface area contributed by atoms with Crippen LogP contribution in [-0.4, -0.2) is 28.9 Å². The van der Waals surface area contributed by atoms with E-state index in [4.69, 9.17) is 0 Å². The molecule has 3 aromatic carbocycles. The maximum atomic E-state index is 13.0. The summed E-state index contributed by atoms with van der Waals surface area (Å²) in [6.45, 7) is 1.96. The number of amides is 1. The number of benzene rings is 3. The van der Waals surface area contributed by atoms with Crippen molar-refractivity contribution in [3.8, 4) is 5.69 Å². The van der Waals surface area contributed by atoms with Gasteiger partial charge in [-0.15, -0.1) is 0 Å². The molecule has 6 heteroatoms. The third-order valence-corrected chi connectivity index (χ3v) is 5.37. The van der Waals surface area contributed by atoms with Gasteiger partial charge in [0.25, 0.3) is 5.56 Å². The quantitative estimate of drug-likeness (QED) is 0.556. The molecule has 6 nitrogen and oxygen atoms in total. The molecule has 0 aliphatic heterocycles. The van der Waals surface area contributed by atoms with Gasteiger partial charge < -0.3 is 10.2 Å². The average molecular weight is 400 g/mol. The molecule has 0 fully saturated rings. The van der Waals surface area contributed by atoms with E-state index in [-0.39, 0.29) is 18.0 Å². The highest BCUT2D eigenvalue weighted by atomic mass is 16.2. The highest BCUT2D eigenvalue weighted by Gasteiger charge is 2.18. The van der Waals surface area contributed by atoms with E-state index in [1.54, 1.807) is 16.4 Å². The van der Waals surface area contributed by atoms with Crippen LogP contribution in [0.1, 0.15) is 5.69 Å². The second-order valence-electron chi connectivity index (χ2n) is 7.37. The molecule has 0 saturated carbocycles. The van der Waals surface area contributed by atoms with E-state index in [2.05, 4.69) is 17.4 Å². The smallest absolute Gasteiger partial charge is 0.295 e. The van der Waals surface area contributed by atoms with Crippen LogP contribution in [0.2, 0.25) is 0 Å². The lowest BCUT2D eigenvalue weighted by atomic mass is 10.1. The number of anilines is 2. The van der Waals surface area contributed by atoms with Crippen molar-refractivity contribution in [3.05, 3.63) is 88.8 Å². The minimum atomic E-state index is -0.247. The minimum absolute atomic E-state index is 0.136. The lowest BCUT2D eigenvalue weighted by Crippen LogP contribution is -2.31. The molecule has 0 unspecified atom stereocenters. The molecule has 0 spiro atoms. The molecule has 1 heterocycles. The number of carbonyl (C=O) groups is 1. The van der Waals surface area contributed by atoms with Gasteiger partial charge in [-0.05, 0) is 42.0 Å². The van der Waals surface area contributed by atoms with Crippen LogP contribution in [0.25, 0.3) is 16.5 Å². The lowest BCUT2D eigenvalue weighted by Gasteiger charge is -2.19. The fourth-order valence-corrected chi connectivity index (χ4v) is 3.61. The van der Waals surface area contributed by atoms with Crippen molar-refractivity contribution in [2.24, 2.45) is 7.05 Å². The maximum absolute atomic E-state index is 13.0. The summed E-state index contributed by atoms with van der Waals surface area (Å²) < 4.78 is 3.30. The number of hydrogen-bond donors (Lipinski definition) is 1. The van der Waals surface area contributed by atoms with E-state index in [0.29, 0.717) is 11.4 Å². The molecule has 30 heavy (non-hydrogen) atoms. The first kappa shape index (κ1) is 19.5. The lowest BCUT2D eigenvalue weighted by molar-refractivity contribution is -0.114. The van der Waals surface area contributed by atoms with Gasteiger partial charge in [-0.25, -0.2) is 4.68 Å². The third kappa shape index (κ3) is 3.59. The summed E-state index contributed by atoms with van der Waals surface area (Å²) in [5, 5.41) is 5.08. The van der Waals surface area contributed by atoms with Gasteiger partial charge in [0.1, 0.15) is 5.69 Å². The Balaban J connectivity index is 1.54. The molecule has 0 saturated heterocycles. The van der Waals surface area contributed by atoms with Crippen molar-refractivity contribution in [2.45, 2.75) is 6.92 Å². The summed E-state index contributed by atoms with van der Waals surface area (Å²) in [7, 11) is 3.67. The topological polar surface area (TPSA) is 59.3 Å². The van der Waals surface area contributed by atoms with Crippen molar-refractivity contribution in [2.75, 3.05) is 23.8 Å². The number of para-hydroxylation sites is 1. The van der Waals surface area contributed by atoms with Crippen LogP contribution in [0.3, 0.4) is 0 Å². The fraction of sp³-hybridized carbons (Fsp3) is 0.167. The van der Waals surface area contributed by atoms with Gasteiger partial charge in [-0.1, -0.05) is 48.5 Å². The van der Waals surface area contributed by atoms with Crippen molar-refractivity contribution < 1.29 is 4.79 Å². The van der Waals surface area contributed by atoms with Gasteiger partial charge in [-0.3, -0.25) is 14.3 Å². The maximum Gasteiger partial charge on any atom is 0.295 e. The first-order chi connectivity index (χ1) is 14.5. The molecule has 1 N–H and O–H groups in total. The number of aromatic nitrogens is 2. The van der Waals surface area contributed by atoms with Crippen molar-refractivity contribution >= 4 is 28.1 Å². The number of likely N-dealkylation sites (N-methyl/N-ethyl adjacent to an activating group) is 1. The zero-order chi connectivity index (χ0) is 21.3. The fourth-order valence-electron chi connectivity index (χ4n) is 3.61. The van der Waals surface area contributed by atoms with E-state index < -0.39 is 0 Å². The van der Waals surface area contributed by atoms with Crippen LogP contribution in [0.4, 0.5) is 11.4 Å². The van der Waals surface area contributed by atoms with Crippen LogP contribution in [0, 0.1) is 6.92 Å². The zero-order valence-electron chi connectivity index (χ0n) is 17.3. The third-order valence-electron chi connectivity index (χ3n) is 5.37. The molecule has 1 amide bonds. The number of rotatable bonds is 5. The second-order valence-corrected chi connectivity index (χ2v) is 7.37. The van der Waals surface area contributed by atoms with Crippen molar-refractivity contribution in [1.29, 1.82) is 0 Å². The summed E-state index contributed by atoms with van der Waals surface area (Å²) in [4.78, 5) is 27.5. The summed E-state index contributed by atoms with van der Waals surface area (Å²) >= 11 is 0. The summed E-state index contributed by atoms with van der Waals surface area (Å²) in [5.74, 6) is -0.239. The van der Waals surface area contributed by atoms with E-state index in [1.807, 2.05) is 79.5 Å². The molecule has 1 aromatic heterocycles. The monoisotopic (exact) mass is 400 g/mol. The summed E-state index contributed by atoms with van der Waals surface area (Å²) in [6.07, 6.45) is 0. The Kier molecular flexibility index (Phi) is 5.14. The van der Waals surface area contributed by atoms with Gasteiger partial charge in [0.15, 0.2) is 0 Å². The zero-order valence-corrected chi connectivity index (χ0v) is 17.3. The minimum Gasteiger partial charge on any atom is -0.365 e. The first-order valence-electron chi connectivity index (χ1n) is 9.79. The highest BCUT2D eigenvalue weighted by Crippen LogP contribution is 2.21. The first-order valence-corrected chi connectivity index (χ1v) is 9.79. The van der Waals surface area contributed by atoms with Crippen LogP contribution < -0.4 is 15.8 Å². The number of nitrogens with zero attached hydrogens (tertiary/aromatic N) is 3. The Morgan fingerprint density at radius 3 is 2.37 bits per heavy atom. The van der Waals surface area contributed by atoms with Crippen LogP contribution >= 0.6 is 0 Å². The van der Waals surface area contributed by atoms with Gasteiger partial charge >= 0.3 is 0 Å². The molecular weight excluding hydrogens is 376 g/mol. The summed E-state index contributed by atoms with van der Waals surface area (Å²) in [5.41, 5.74) is 2.45. The Morgan fingerprint density at radius 2 is 1.63 bits per heavy atom. The SMILES string of the molecule is Cc1c(NC(=O)CN(C)c2ccc3ccccc3c2)c(=O)n(-c2ccccc2)n1C. The molecule has 152 valence electrons. The van der Waals surface area contributed by atoms with E-state index in [1.165, 1.54) is 0 Å².